The van der Waals surface area contributed by atoms with E-state index in [0.717, 1.165) is 30.0 Å². The Morgan fingerprint density at radius 1 is 1.07 bits per heavy atom. The third-order valence-electron chi connectivity index (χ3n) is 4.91. The van der Waals surface area contributed by atoms with Crippen molar-refractivity contribution in [1.29, 1.82) is 0 Å². The summed E-state index contributed by atoms with van der Waals surface area (Å²) in [5, 5.41) is 4.58. The van der Waals surface area contributed by atoms with Crippen molar-refractivity contribution in [2.75, 3.05) is 26.8 Å². The molecule has 0 N–H and O–H groups in total. The zero-order valence-electron chi connectivity index (χ0n) is 15.8. The second-order valence-corrected chi connectivity index (χ2v) is 6.75. The van der Waals surface area contributed by atoms with Gasteiger partial charge in [0.1, 0.15) is 5.75 Å². The number of hydrogen-bond acceptors (Lipinski definition) is 5. The maximum atomic E-state index is 12.4. The number of ether oxygens (including phenoxy) is 2. The van der Waals surface area contributed by atoms with Crippen LogP contribution in [0.4, 0.5) is 0 Å². The molecule has 1 aliphatic rings. The molecule has 4 rings (SSSR count). The van der Waals surface area contributed by atoms with Gasteiger partial charge in [-0.2, -0.15) is 5.10 Å². The van der Waals surface area contributed by atoms with Crippen LogP contribution in [0, 0.1) is 0 Å². The highest BCUT2D eigenvalue weighted by molar-refractivity contribution is 5.66. The van der Waals surface area contributed by atoms with Gasteiger partial charge < -0.3 is 9.47 Å². The van der Waals surface area contributed by atoms with E-state index < -0.39 is 0 Å². The minimum atomic E-state index is -0.124. The SMILES string of the molecule is COc1ccccc1-c1ccc(=O)n(CN2CCO[C@H](c3ccccc3)C2)n1. The highest BCUT2D eigenvalue weighted by Crippen LogP contribution is 2.27. The second kappa shape index (κ2) is 8.37. The minimum absolute atomic E-state index is 0.00283. The number of para-hydroxylation sites is 1. The van der Waals surface area contributed by atoms with Gasteiger partial charge in [-0.15, -0.1) is 0 Å². The topological polar surface area (TPSA) is 56.6 Å². The van der Waals surface area contributed by atoms with E-state index in [2.05, 4.69) is 22.1 Å². The molecule has 144 valence electrons. The zero-order valence-corrected chi connectivity index (χ0v) is 15.8. The van der Waals surface area contributed by atoms with Crippen molar-refractivity contribution in [2.45, 2.75) is 12.8 Å². The van der Waals surface area contributed by atoms with Crippen molar-refractivity contribution in [3.8, 4) is 17.0 Å². The summed E-state index contributed by atoms with van der Waals surface area (Å²) in [7, 11) is 1.63. The average Bonchev–Trinajstić information content (AvgIpc) is 2.76. The summed E-state index contributed by atoms with van der Waals surface area (Å²) >= 11 is 0. The van der Waals surface area contributed by atoms with Crippen molar-refractivity contribution < 1.29 is 9.47 Å². The molecule has 0 saturated carbocycles. The Labute approximate surface area is 163 Å². The van der Waals surface area contributed by atoms with Gasteiger partial charge in [0.15, 0.2) is 0 Å². The fourth-order valence-corrected chi connectivity index (χ4v) is 3.44. The third-order valence-corrected chi connectivity index (χ3v) is 4.91. The van der Waals surface area contributed by atoms with Gasteiger partial charge in [0, 0.05) is 24.7 Å². The van der Waals surface area contributed by atoms with Crippen LogP contribution in [-0.2, 0) is 11.4 Å². The van der Waals surface area contributed by atoms with Gasteiger partial charge in [0.25, 0.3) is 5.56 Å². The lowest BCUT2D eigenvalue weighted by Crippen LogP contribution is -2.42. The van der Waals surface area contributed by atoms with Crippen LogP contribution >= 0.6 is 0 Å². The highest BCUT2D eigenvalue weighted by atomic mass is 16.5. The van der Waals surface area contributed by atoms with Crippen molar-refractivity contribution in [2.24, 2.45) is 0 Å². The van der Waals surface area contributed by atoms with Crippen LogP contribution in [0.3, 0.4) is 0 Å². The molecule has 6 nitrogen and oxygen atoms in total. The van der Waals surface area contributed by atoms with Gasteiger partial charge in [-0.1, -0.05) is 42.5 Å². The van der Waals surface area contributed by atoms with Gasteiger partial charge in [0.05, 0.1) is 32.2 Å². The summed E-state index contributed by atoms with van der Waals surface area (Å²) in [5.41, 5.74) is 2.60. The number of rotatable bonds is 5. The van der Waals surface area contributed by atoms with Crippen molar-refractivity contribution in [3.05, 3.63) is 82.6 Å². The second-order valence-electron chi connectivity index (χ2n) is 6.75. The van der Waals surface area contributed by atoms with E-state index in [4.69, 9.17) is 9.47 Å². The quantitative estimate of drug-likeness (QED) is 0.684. The predicted molar refractivity (Wildman–Crippen MR) is 107 cm³/mol. The Balaban J connectivity index is 1.55. The van der Waals surface area contributed by atoms with E-state index in [1.165, 1.54) is 4.68 Å². The largest absolute Gasteiger partial charge is 0.496 e. The van der Waals surface area contributed by atoms with Crippen LogP contribution < -0.4 is 10.3 Å². The van der Waals surface area contributed by atoms with E-state index in [1.54, 1.807) is 19.2 Å². The smallest absolute Gasteiger partial charge is 0.268 e. The van der Waals surface area contributed by atoms with Gasteiger partial charge in [0.2, 0.25) is 0 Å². The van der Waals surface area contributed by atoms with Crippen LogP contribution in [0.15, 0.2) is 71.5 Å². The van der Waals surface area contributed by atoms with Gasteiger partial charge >= 0.3 is 0 Å². The summed E-state index contributed by atoms with van der Waals surface area (Å²) in [6.07, 6.45) is 0.00283. The number of nitrogens with zero attached hydrogens (tertiary/aromatic N) is 3. The van der Waals surface area contributed by atoms with E-state index in [0.29, 0.717) is 19.0 Å². The first-order valence-electron chi connectivity index (χ1n) is 9.35. The van der Waals surface area contributed by atoms with Gasteiger partial charge in [-0.05, 0) is 23.8 Å². The first-order valence-corrected chi connectivity index (χ1v) is 9.35. The Bertz CT molecular complexity index is 988. The van der Waals surface area contributed by atoms with Crippen LogP contribution in [0.5, 0.6) is 5.75 Å². The van der Waals surface area contributed by atoms with Crippen molar-refractivity contribution in [1.82, 2.24) is 14.7 Å². The molecule has 1 saturated heterocycles. The normalized spacial score (nSPS) is 17.4. The number of aromatic nitrogens is 2. The summed E-state index contributed by atoms with van der Waals surface area (Å²) in [6.45, 7) is 2.53. The highest BCUT2D eigenvalue weighted by Gasteiger charge is 2.22. The Morgan fingerprint density at radius 3 is 2.68 bits per heavy atom. The molecule has 1 fully saturated rings. The molecule has 0 spiro atoms. The first-order chi connectivity index (χ1) is 13.7. The number of methoxy groups -OCH3 is 1. The number of hydrogen-bond donors (Lipinski definition) is 0. The molecular formula is C22H23N3O3. The molecule has 2 heterocycles. The van der Waals surface area contributed by atoms with E-state index in [-0.39, 0.29) is 11.7 Å². The van der Waals surface area contributed by atoms with E-state index in [9.17, 15) is 4.79 Å². The molecule has 28 heavy (non-hydrogen) atoms. The Morgan fingerprint density at radius 2 is 1.86 bits per heavy atom. The number of morpholine rings is 1. The molecule has 0 radical (unpaired) electrons. The van der Waals surface area contributed by atoms with Crippen LogP contribution in [-0.4, -0.2) is 41.5 Å². The van der Waals surface area contributed by atoms with E-state index in [1.807, 2.05) is 42.5 Å². The van der Waals surface area contributed by atoms with Gasteiger partial charge in [-0.25, -0.2) is 4.68 Å². The Hall–Kier alpha value is -2.96. The fraction of sp³-hybridized carbons (Fsp3) is 0.273. The van der Waals surface area contributed by atoms with Crippen LogP contribution in [0.2, 0.25) is 0 Å². The van der Waals surface area contributed by atoms with Gasteiger partial charge in [-0.3, -0.25) is 9.69 Å². The van der Waals surface area contributed by atoms with Crippen molar-refractivity contribution in [3.63, 3.8) is 0 Å². The molecule has 6 heteroatoms. The molecule has 0 unspecified atom stereocenters. The predicted octanol–water partition coefficient (Wildman–Crippen LogP) is 2.95. The molecule has 1 atom stereocenters. The van der Waals surface area contributed by atoms with Crippen LogP contribution in [0.25, 0.3) is 11.3 Å². The fourth-order valence-electron chi connectivity index (χ4n) is 3.44. The third kappa shape index (κ3) is 3.98. The van der Waals surface area contributed by atoms with E-state index >= 15 is 0 Å². The first kappa shape index (κ1) is 18.4. The molecule has 1 aromatic heterocycles. The molecule has 0 amide bonds. The molecule has 1 aliphatic heterocycles. The standard InChI is InChI=1S/C22H23N3O3/c1-27-20-10-6-5-9-18(20)19-11-12-22(26)25(23-19)16-24-13-14-28-21(15-24)17-7-3-2-4-8-17/h2-12,21H,13-16H2,1H3/t21-/m0/s1. The van der Waals surface area contributed by atoms with Crippen molar-refractivity contribution >= 4 is 0 Å². The van der Waals surface area contributed by atoms with Crippen LogP contribution in [0.1, 0.15) is 11.7 Å². The molecule has 3 aromatic rings. The average molecular weight is 377 g/mol. The summed E-state index contributed by atoms with van der Waals surface area (Å²) < 4.78 is 12.9. The summed E-state index contributed by atoms with van der Waals surface area (Å²) in [4.78, 5) is 14.6. The summed E-state index contributed by atoms with van der Waals surface area (Å²) in [5.74, 6) is 0.732. The Kier molecular flexibility index (Phi) is 5.50. The molecule has 2 aromatic carbocycles. The lowest BCUT2D eigenvalue weighted by atomic mass is 10.1. The summed E-state index contributed by atoms with van der Waals surface area (Å²) in [6, 6.07) is 21.1. The number of benzene rings is 2. The molecular weight excluding hydrogens is 354 g/mol. The monoisotopic (exact) mass is 377 g/mol. The lowest BCUT2D eigenvalue weighted by Gasteiger charge is -2.33. The lowest BCUT2D eigenvalue weighted by molar-refractivity contribution is -0.0421. The molecule has 0 aliphatic carbocycles. The molecule has 0 bridgehead atoms. The minimum Gasteiger partial charge on any atom is -0.496 e. The zero-order chi connectivity index (χ0) is 19.3. The maximum absolute atomic E-state index is 12.4. The maximum Gasteiger partial charge on any atom is 0.268 e.